The Morgan fingerprint density at radius 1 is 0.895 bits per heavy atom. The van der Waals surface area contributed by atoms with Gasteiger partial charge in [-0.05, 0) is 29.9 Å². The fraction of sp³-hybridized carbons (Fsp3) is 0.625. The van der Waals surface area contributed by atoms with Gasteiger partial charge in [-0.15, -0.1) is 0 Å². The summed E-state index contributed by atoms with van der Waals surface area (Å²) in [6.45, 7) is 7.99. The number of nitrogens with zero attached hydrogens (tertiary/aromatic N) is 2. The van der Waals surface area contributed by atoms with Crippen molar-refractivity contribution in [3.8, 4) is 0 Å². The highest BCUT2D eigenvalue weighted by Crippen LogP contribution is 2.29. The first-order valence-electron chi connectivity index (χ1n) is 7.56. The van der Waals surface area contributed by atoms with Crippen LogP contribution in [0.1, 0.15) is 24.0 Å². The van der Waals surface area contributed by atoms with Crippen LogP contribution in [0.4, 0.5) is 0 Å². The van der Waals surface area contributed by atoms with Crippen molar-refractivity contribution in [1.29, 1.82) is 0 Å². The fourth-order valence-electron chi connectivity index (χ4n) is 2.83. The maximum Gasteiger partial charge on any atom is 0.0234 e. The topological polar surface area (TPSA) is 32.5 Å². The summed E-state index contributed by atoms with van der Waals surface area (Å²) in [6.07, 6.45) is 2.93. The van der Waals surface area contributed by atoms with Gasteiger partial charge in [-0.25, -0.2) is 0 Å². The van der Waals surface area contributed by atoms with E-state index in [1.165, 1.54) is 56.7 Å². The Balaban J connectivity index is 1.45. The lowest BCUT2D eigenvalue weighted by atomic mass is 10.1. The molecular formula is C16H25N3. The van der Waals surface area contributed by atoms with Crippen LogP contribution in [0.3, 0.4) is 0 Å². The molecule has 0 radical (unpaired) electrons. The quantitative estimate of drug-likeness (QED) is 0.873. The second kappa shape index (κ2) is 6.04. The first-order valence-corrected chi connectivity index (χ1v) is 7.56. The molecular weight excluding hydrogens is 234 g/mol. The monoisotopic (exact) mass is 259 g/mol. The van der Waals surface area contributed by atoms with Crippen molar-refractivity contribution in [2.45, 2.75) is 25.9 Å². The number of benzene rings is 1. The third-order valence-corrected chi connectivity index (χ3v) is 4.34. The van der Waals surface area contributed by atoms with E-state index in [1.807, 2.05) is 0 Å². The third kappa shape index (κ3) is 3.78. The maximum atomic E-state index is 5.63. The van der Waals surface area contributed by atoms with Crippen LogP contribution < -0.4 is 5.73 Å². The molecule has 19 heavy (non-hydrogen) atoms. The predicted octanol–water partition coefficient (Wildman–Crippen LogP) is 1.67. The van der Waals surface area contributed by atoms with E-state index < -0.39 is 0 Å². The van der Waals surface area contributed by atoms with Crippen LogP contribution in [0.2, 0.25) is 0 Å². The highest BCUT2D eigenvalue weighted by Gasteiger charge is 2.26. The first-order chi connectivity index (χ1) is 9.33. The van der Waals surface area contributed by atoms with Crippen molar-refractivity contribution in [2.75, 3.05) is 32.7 Å². The maximum absolute atomic E-state index is 5.63. The Morgan fingerprint density at radius 2 is 1.47 bits per heavy atom. The van der Waals surface area contributed by atoms with Crippen molar-refractivity contribution in [3.63, 3.8) is 0 Å². The molecule has 1 saturated heterocycles. The zero-order valence-corrected chi connectivity index (χ0v) is 11.7. The smallest absolute Gasteiger partial charge is 0.0234 e. The molecule has 3 rings (SSSR count). The van der Waals surface area contributed by atoms with Crippen molar-refractivity contribution in [3.05, 3.63) is 35.4 Å². The second-order valence-electron chi connectivity index (χ2n) is 6.04. The van der Waals surface area contributed by atoms with E-state index in [2.05, 4.69) is 34.1 Å². The van der Waals surface area contributed by atoms with Gasteiger partial charge in [-0.2, -0.15) is 0 Å². The summed E-state index contributed by atoms with van der Waals surface area (Å²) in [6, 6.07) is 8.74. The number of hydrogen-bond acceptors (Lipinski definition) is 3. The van der Waals surface area contributed by atoms with Gasteiger partial charge in [0.15, 0.2) is 0 Å². The molecule has 1 saturated carbocycles. The van der Waals surface area contributed by atoms with Crippen LogP contribution >= 0.6 is 0 Å². The van der Waals surface area contributed by atoms with Crippen molar-refractivity contribution >= 4 is 0 Å². The van der Waals surface area contributed by atoms with Gasteiger partial charge in [0, 0.05) is 45.8 Å². The lowest BCUT2D eigenvalue weighted by Crippen LogP contribution is -2.46. The summed E-state index contributed by atoms with van der Waals surface area (Å²) >= 11 is 0. The van der Waals surface area contributed by atoms with Gasteiger partial charge < -0.3 is 10.6 Å². The highest BCUT2D eigenvalue weighted by molar-refractivity contribution is 5.22. The Bertz CT molecular complexity index is 389. The van der Waals surface area contributed by atoms with E-state index >= 15 is 0 Å². The minimum absolute atomic E-state index is 0.639. The Morgan fingerprint density at radius 3 is 2.05 bits per heavy atom. The van der Waals surface area contributed by atoms with Crippen LogP contribution in [-0.2, 0) is 13.1 Å². The Labute approximate surface area is 116 Å². The molecule has 3 heteroatoms. The van der Waals surface area contributed by atoms with E-state index in [0.29, 0.717) is 6.54 Å². The van der Waals surface area contributed by atoms with Crippen LogP contribution in [-0.4, -0.2) is 42.5 Å². The second-order valence-corrected chi connectivity index (χ2v) is 6.04. The number of nitrogens with two attached hydrogens (primary N) is 1. The standard InChI is InChI=1S/C16H25N3/c17-11-14-1-3-15(4-2-14)12-18-7-9-19(10-8-18)13-16-5-6-16/h1-4,16H,5-13,17H2. The predicted molar refractivity (Wildman–Crippen MR) is 78.8 cm³/mol. The molecule has 1 aliphatic carbocycles. The summed E-state index contributed by atoms with van der Waals surface area (Å²) in [4.78, 5) is 5.21. The minimum Gasteiger partial charge on any atom is -0.326 e. The van der Waals surface area contributed by atoms with Gasteiger partial charge in [-0.1, -0.05) is 24.3 Å². The van der Waals surface area contributed by atoms with Gasteiger partial charge >= 0.3 is 0 Å². The van der Waals surface area contributed by atoms with Crippen LogP contribution in [0, 0.1) is 5.92 Å². The summed E-state index contributed by atoms with van der Waals surface area (Å²) in [5.74, 6) is 1.02. The molecule has 2 fully saturated rings. The van der Waals surface area contributed by atoms with Gasteiger partial charge in [-0.3, -0.25) is 4.90 Å². The summed E-state index contributed by atoms with van der Waals surface area (Å²) in [5, 5.41) is 0. The molecule has 1 aromatic rings. The van der Waals surface area contributed by atoms with Crippen LogP contribution in [0.5, 0.6) is 0 Å². The lowest BCUT2D eigenvalue weighted by molar-refractivity contribution is 0.123. The molecule has 0 spiro atoms. The molecule has 0 unspecified atom stereocenters. The molecule has 104 valence electrons. The zero-order chi connectivity index (χ0) is 13.1. The van der Waals surface area contributed by atoms with Gasteiger partial charge in [0.2, 0.25) is 0 Å². The van der Waals surface area contributed by atoms with Crippen LogP contribution in [0.25, 0.3) is 0 Å². The third-order valence-electron chi connectivity index (χ3n) is 4.34. The van der Waals surface area contributed by atoms with Crippen LogP contribution in [0.15, 0.2) is 24.3 Å². The normalized spacial score (nSPS) is 21.7. The zero-order valence-electron chi connectivity index (χ0n) is 11.7. The number of rotatable bonds is 5. The van der Waals surface area contributed by atoms with E-state index in [4.69, 9.17) is 5.73 Å². The summed E-state index contributed by atoms with van der Waals surface area (Å²) < 4.78 is 0. The average Bonchev–Trinajstić information content (AvgIpc) is 3.26. The number of hydrogen-bond donors (Lipinski definition) is 1. The molecule has 3 nitrogen and oxygen atoms in total. The first kappa shape index (κ1) is 13.1. The molecule has 0 atom stereocenters. The Hall–Kier alpha value is -0.900. The largest absolute Gasteiger partial charge is 0.326 e. The van der Waals surface area contributed by atoms with E-state index in [-0.39, 0.29) is 0 Å². The molecule has 0 amide bonds. The number of piperazine rings is 1. The van der Waals surface area contributed by atoms with Crippen molar-refractivity contribution < 1.29 is 0 Å². The van der Waals surface area contributed by atoms with E-state index in [9.17, 15) is 0 Å². The van der Waals surface area contributed by atoms with Gasteiger partial charge in [0.1, 0.15) is 0 Å². The molecule has 2 aliphatic rings. The van der Waals surface area contributed by atoms with Gasteiger partial charge in [0.05, 0.1) is 0 Å². The molecule has 1 heterocycles. The summed E-state index contributed by atoms with van der Waals surface area (Å²) in [7, 11) is 0. The molecule has 1 aromatic carbocycles. The molecule has 0 bridgehead atoms. The van der Waals surface area contributed by atoms with Crippen molar-refractivity contribution in [1.82, 2.24) is 9.80 Å². The highest BCUT2D eigenvalue weighted by atomic mass is 15.3. The van der Waals surface area contributed by atoms with E-state index in [1.54, 1.807) is 0 Å². The Kier molecular flexibility index (Phi) is 4.16. The molecule has 2 N–H and O–H groups in total. The molecule has 1 aliphatic heterocycles. The lowest BCUT2D eigenvalue weighted by Gasteiger charge is -2.34. The van der Waals surface area contributed by atoms with Crippen molar-refractivity contribution in [2.24, 2.45) is 11.7 Å². The van der Waals surface area contributed by atoms with E-state index in [0.717, 1.165) is 12.5 Å². The van der Waals surface area contributed by atoms with Gasteiger partial charge in [0.25, 0.3) is 0 Å². The minimum atomic E-state index is 0.639. The average molecular weight is 259 g/mol. The SMILES string of the molecule is NCc1ccc(CN2CCN(CC3CC3)CC2)cc1. The molecule has 0 aromatic heterocycles. The summed E-state index contributed by atoms with van der Waals surface area (Å²) in [5.41, 5.74) is 8.26. The fourth-order valence-corrected chi connectivity index (χ4v) is 2.83.